The van der Waals surface area contributed by atoms with Gasteiger partial charge in [0, 0.05) is 6.61 Å². The molecule has 0 radical (unpaired) electrons. The summed E-state index contributed by atoms with van der Waals surface area (Å²) in [5.41, 5.74) is 0. The molecule has 0 aliphatic carbocycles. The summed E-state index contributed by atoms with van der Waals surface area (Å²) in [6.07, 6.45) is -4.00. The Balaban J connectivity index is 0.0000151. The van der Waals surface area contributed by atoms with Gasteiger partial charge in [-0.1, -0.05) is 51.4 Å². The first kappa shape index (κ1) is 53.4. The van der Waals surface area contributed by atoms with E-state index in [0.717, 1.165) is 18.8 Å². The van der Waals surface area contributed by atoms with Crippen LogP contribution in [0.2, 0.25) is 0 Å². The normalized spacial score (nSPS) is 28.4. The Morgan fingerprint density at radius 2 is 0.800 bits per heavy atom. The van der Waals surface area contributed by atoms with Crippen LogP contribution in [-0.4, -0.2) is 202 Å². The Morgan fingerprint density at radius 3 is 1.27 bits per heavy atom. The molecule has 2 fully saturated rings. The molecule has 0 unspecified atom stereocenters. The van der Waals surface area contributed by atoms with Crippen LogP contribution in [-0.2, 0) is 87.4 Å². The van der Waals surface area contributed by atoms with E-state index < -0.39 is 74.6 Å². The average Bonchev–Trinajstić information content (AvgIpc) is 3.18. The second kappa shape index (κ2) is 35.2. The Morgan fingerprint density at radius 1 is 0.400 bits per heavy atom. The summed E-state index contributed by atoms with van der Waals surface area (Å²) in [4.78, 5) is 10.1. The Hall–Kier alpha value is 0.370. The molecular formula is C35H67AuO18S. The quantitative estimate of drug-likeness (QED) is 0.0129. The van der Waals surface area contributed by atoms with Gasteiger partial charge in [0.25, 0.3) is 0 Å². The average molecular weight is 1000 g/mol. The largest absolute Gasteiger partial charge is 1.00 e. The van der Waals surface area contributed by atoms with Crippen molar-refractivity contribution in [3.8, 4) is 0 Å². The molecule has 0 saturated carbocycles. The van der Waals surface area contributed by atoms with Crippen LogP contribution in [0.15, 0.2) is 0 Å². The van der Waals surface area contributed by atoms with Crippen LogP contribution in [0.1, 0.15) is 57.8 Å². The van der Waals surface area contributed by atoms with Crippen molar-refractivity contribution in [2.45, 2.75) is 119 Å². The molecule has 0 aromatic carbocycles. The van der Waals surface area contributed by atoms with Crippen molar-refractivity contribution in [3.05, 3.63) is 0 Å². The van der Waals surface area contributed by atoms with E-state index in [0.29, 0.717) is 59.5 Å². The maximum Gasteiger partial charge on any atom is 1.00 e. The molecule has 2 aliphatic rings. The molecule has 0 amide bonds. The van der Waals surface area contributed by atoms with E-state index in [4.69, 9.17) is 65.0 Å². The summed E-state index contributed by atoms with van der Waals surface area (Å²) < 4.78 is 49.2. The third kappa shape index (κ3) is 23.1. The summed E-state index contributed by atoms with van der Waals surface area (Å²) in [5, 5.41) is 70.0. The van der Waals surface area contributed by atoms with Crippen LogP contribution < -0.4 is 0 Å². The van der Waals surface area contributed by atoms with Crippen LogP contribution in [0.25, 0.3) is 0 Å². The minimum absolute atomic E-state index is 0. The van der Waals surface area contributed by atoms with Crippen LogP contribution in [0, 0.1) is 0 Å². The number of unbranched alkanes of at least 4 members (excludes halogenated alkanes) is 8. The SMILES string of the molecule is OC[C@H]1O[C@@H](OO[C@H]2[C@H](O)[C@@H](O)[C@H](OCCOCCOCCOCCOCCOCCOCCCCCCCCCCC[S-])O[C@@H]2CO)[C@H](O)[C@@H](O)[C@H]1O.[Au+]. The van der Waals surface area contributed by atoms with E-state index in [1.54, 1.807) is 0 Å². The summed E-state index contributed by atoms with van der Waals surface area (Å²) in [6, 6.07) is 0. The minimum Gasteiger partial charge on any atom is -0.793 e. The first-order valence-corrected chi connectivity index (χ1v) is 19.8. The van der Waals surface area contributed by atoms with Crippen molar-refractivity contribution >= 4 is 12.6 Å². The van der Waals surface area contributed by atoms with Gasteiger partial charge in [-0.3, -0.25) is 0 Å². The summed E-state index contributed by atoms with van der Waals surface area (Å²) in [6.45, 7) is 3.95. The Bertz CT molecular complexity index is 857. The van der Waals surface area contributed by atoms with Crippen LogP contribution >= 0.6 is 0 Å². The fraction of sp³-hybridized carbons (Fsp3) is 1.00. The standard InChI is InChI=1S/C35H68O18S.Au/c36-24-26-28(38)29(39)31(41)35(50-26)53-52-33-27(25-37)51-34(32(42)30(33)40)49-22-21-48-20-19-47-18-17-46-16-15-45-14-13-44-12-11-43-10-8-6-4-2-1-3-5-7-9-23-54;/h26-42,54H,1-25H2;/q;+1/p-1/t26-,27-,28+,29+,30-,31-,32-,33-,34-,35+;/m1./s1. The molecule has 332 valence electrons. The first-order chi connectivity index (χ1) is 26.3. The van der Waals surface area contributed by atoms with E-state index in [9.17, 15) is 35.7 Å². The van der Waals surface area contributed by atoms with Crippen molar-refractivity contribution in [2.75, 3.05) is 105 Å². The summed E-state index contributed by atoms with van der Waals surface area (Å²) in [7, 11) is 0. The maximum absolute atomic E-state index is 10.6. The van der Waals surface area contributed by atoms with Gasteiger partial charge in [0.15, 0.2) is 6.29 Å². The van der Waals surface area contributed by atoms with Gasteiger partial charge < -0.3 is 91.0 Å². The Kier molecular flexibility index (Phi) is 34.1. The minimum atomic E-state index is -1.77. The van der Waals surface area contributed by atoms with Gasteiger partial charge in [-0.25, -0.2) is 9.78 Å². The first-order valence-electron chi connectivity index (χ1n) is 19.3. The van der Waals surface area contributed by atoms with Crippen LogP contribution in [0.3, 0.4) is 0 Å². The van der Waals surface area contributed by atoms with Gasteiger partial charge in [-0.2, -0.15) is 5.75 Å². The van der Waals surface area contributed by atoms with Crippen molar-refractivity contribution in [2.24, 2.45) is 0 Å². The molecule has 2 saturated heterocycles. The molecule has 18 nitrogen and oxygen atoms in total. The van der Waals surface area contributed by atoms with Gasteiger partial charge in [0.1, 0.15) is 48.8 Å². The molecule has 2 heterocycles. The molecule has 0 aromatic heterocycles. The molecule has 0 aromatic rings. The molecule has 2 aliphatic heterocycles. The number of hydrogen-bond acceptors (Lipinski definition) is 19. The zero-order valence-corrected chi connectivity index (χ0v) is 34.8. The summed E-state index contributed by atoms with van der Waals surface area (Å²) in [5.74, 6) is 0.888. The topological polar surface area (TPSA) is 243 Å². The molecule has 0 spiro atoms. The molecular weight excluding hydrogens is 937 g/mol. The molecule has 20 heteroatoms. The number of ether oxygens (including phenoxy) is 9. The van der Waals surface area contributed by atoms with Gasteiger partial charge >= 0.3 is 22.4 Å². The van der Waals surface area contributed by atoms with Crippen molar-refractivity contribution < 1.29 is 111 Å². The second-order valence-corrected chi connectivity index (χ2v) is 13.4. The van der Waals surface area contributed by atoms with E-state index in [2.05, 4.69) is 0 Å². The fourth-order valence-corrected chi connectivity index (χ4v) is 5.75. The van der Waals surface area contributed by atoms with E-state index in [1.807, 2.05) is 0 Å². The number of rotatable bonds is 35. The third-order valence-electron chi connectivity index (χ3n) is 8.73. The Labute approximate surface area is 346 Å². The molecule has 10 atom stereocenters. The fourth-order valence-electron chi connectivity index (χ4n) is 5.54. The number of hydrogen-bond donors (Lipinski definition) is 7. The molecule has 55 heavy (non-hydrogen) atoms. The monoisotopic (exact) mass is 1000 g/mol. The molecule has 7 N–H and O–H groups in total. The second-order valence-electron chi connectivity index (χ2n) is 13.0. The van der Waals surface area contributed by atoms with Gasteiger partial charge in [-0.15, -0.1) is 0 Å². The van der Waals surface area contributed by atoms with Gasteiger partial charge in [-0.05, 0) is 6.42 Å². The molecule has 0 bridgehead atoms. The van der Waals surface area contributed by atoms with Crippen molar-refractivity contribution in [1.29, 1.82) is 0 Å². The number of aliphatic hydroxyl groups excluding tert-OH is 7. The van der Waals surface area contributed by atoms with Gasteiger partial charge in [0.2, 0.25) is 6.29 Å². The third-order valence-corrected chi connectivity index (χ3v) is 9.02. The van der Waals surface area contributed by atoms with Crippen molar-refractivity contribution in [1.82, 2.24) is 0 Å². The van der Waals surface area contributed by atoms with E-state index in [-0.39, 0.29) is 42.2 Å². The summed E-state index contributed by atoms with van der Waals surface area (Å²) >= 11 is 4.97. The van der Waals surface area contributed by atoms with Gasteiger partial charge in [0.05, 0.1) is 92.5 Å². The van der Waals surface area contributed by atoms with E-state index in [1.165, 1.54) is 51.4 Å². The zero-order valence-electron chi connectivity index (χ0n) is 31.8. The predicted octanol–water partition coefficient (Wildman–Crippen LogP) is -1.29. The maximum atomic E-state index is 10.6. The van der Waals surface area contributed by atoms with Crippen LogP contribution in [0.4, 0.5) is 0 Å². The van der Waals surface area contributed by atoms with Crippen molar-refractivity contribution in [3.63, 3.8) is 0 Å². The molecule has 2 rings (SSSR count). The number of aliphatic hydroxyl groups is 7. The van der Waals surface area contributed by atoms with E-state index >= 15 is 0 Å². The predicted molar refractivity (Wildman–Crippen MR) is 192 cm³/mol. The van der Waals surface area contributed by atoms with Crippen LogP contribution in [0.5, 0.6) is 0 Å². The smallest absolute Gasteiger partial charge is 0.793 e. The zero-order chi connectivity index (χ0) is 39.2.